The molecule has 0 saturated heterocycles. The zero-order valence-corrected chi connectivity index (χ0v) is 16.5. The lowest BCUT2D eigenvalue weighted by atomic mass is 10.1. The summed E-state index contributed by atoms with van der Waals surface area (Å²) in [6.45, 7) is 1.83. The molecule has 1 amide bonds. The van der Waals surface area contributed by atoms with Crippen molar-refractivity contribution in [1.82, 2.24) is 4.98 Å². The van der Waals surface area contributed by atoms with Gasteiger partial charge in [-0.25, -0.2) is 9.37 Å². The summed E-state index contributed by atoms with van der Waals surface area (Å²) in [6.07, 6.45) is 2.97. The Morgan fingerprint density at radius 2 is 1.90 bits per heavy atom. The van der Waals surface area contributed by atoms with Gasteiger partial charge in [0.05, 0.1) is 5.56 Å². The van der Waals surface area contributed by atoms with Crippen molar-refractivity contribution in [2.24, 2.45) is 5.18 Å². The molecule has 0 unspecified atom stereocenters. The van der Waals surface area contributed by atoms with Crippen LogP contribution in [-0.2, 0) is 4.79 Å². The summed E-state index contributed by atoms with van der Waals surface area (Å²) in [6, 6.07) is 15.8. The number of benzene rings is 3. The van der Waals surface area contributed by atoms with Gasteiger partial charge in [-0.3, -0.25) is 4.79 Å². The van der Waals surface area contributed by atoms with Gasteiger partial charge >= 0.3 is 5.82 Å². The predicted octanol–water partition coefficient (Wildman–Crippen LogP) is 4.86. The number of aromatic amines is 1. The molecule has 7 nitrogen and oxygen atoms in total. The minimum absolute atomic E-state index is 0.212. The van der Waals surface area contributed by atoms with E-state index in [0.717, 1.165) is 10.3 Å². The zero-order chi connectivity index (χ0) is 22.0. The molecule has 1 aromatic heterocycles. The van der Waals surface area contributed by atoms with Crippen LogP contribution in [0.5, 0.6) is 0 Å². The van der Waals surface area contributed by atoms with Crippen LogP contribution in [0.15, 0.2) is 71.9 Å². The van der Waals surface area contributed by atoms with E-state index in [0.29, 0.717) is 33.7 Å². The molecule has 4 rings (SSSR count). The molecule has 3 N–H and O–H groups in total. The highest BCUT2D eigenvalue weighted by Crippen LogP contribution is 2.25. The SMILES string of the molecule is Cc1cc(-c2[nH]c3ccc(N=O)cc3[n+]2O)ccc1NC(=O)/C=C/c1ccc(F)cc1. The van der Waals surface area contributed by atoms with Crippen molar-refractivity contribution in [3.8, 4) is 11.4 Å². The Morgan fingerprint density at radius 1 is 1.13 bits per heavy atom. The number of carbonyl (C=O) groups is 1. The van der Waals surface area contributed by atoms with Crippen LogP contribution in [0.4, 0.5) is 15.8 Å². The van der Waals surface area contributed by atoms with Crippen molar-refractivity contribution in [3.63, 3.8) is 0 Å². The highest BCUT2D eigenvalue weighted by molar-refractivity contribution is 6.02. The standard InChI is InChI=1S/C23H17FN4O3/c1-14-12-16(23-26-20-10-8-18(27-30)13-21(20)28(23)31)5-9-19(14)25-22(29)11-4-15-2-6-17(24)7-3-15/h2-13,31H,1H3,(H,25,26,29,30)/p+1/b11-4+. The Hall–Kier alpha value is -4.33. The monoisotopic (exact) mass is 417 g/mol. The van der Waals surface area contributed by atoms with Gasteiger partial charge in [-0.15, -0.1) is 4.91 Å². The van der Waals surface area contributed by atoms with Crippen LogP contribution < -0.4 is 10.0 Å². The first-order valence-electron chi connectivity index (χ1n) is 9.40. The first kappa shape index (κ1) is 20.0. The van der Waals surface area contributed by atoms with Crippen molar-refractivity contribution in [2.75, 3.05) is 5.32 Å². The number of nitroso groups, excluding NO2 is 1. The van der Waals surface area contributed by atoms with Gasteiger partial charge in [0, 0.05) is 17.8 Å². The molecule has 0 atom stereocenters. The average molecular weight is 417 g/mol. The Bertz CT molecular complexity index is 1330. The van der Waals surface area contributed by atoms with Crippen LogP contribution in [-0.4, -0.2) is 16.1 Å². The molecule has 4 aromatic rings. The maximum Gasteiger partial charge on any atom is 0.327 e. The summed E-state index contributed by atoms with van der Waals surface area (Å²) in [4.78, 5) is 26.1. The number of nitrogens with one attached hydrogen (secondary N) is 2. The molecular weight excluding hydrogens is 399 g/mol. The van der Waals surface area contributed by atoms with E-state index in [2.05, 4.69) is 15.5 Å². The van der Waals surface area contributed by atoms with Crippen molar-refractivity contribution in [3.05, 3.63) is 88.6 Å². The number of anilines is 1. The Morgan fingerprint density at radius 3 is 2.61 bits per heavy atom. The number of aryl methyl sites for hydroxylation is 1. The molecule has 31 heavy (non-hydrogen) atoms. The quantitative estimate of drug-likeness (QED) is 0.187. The molecule has 1 heterocycles. The van der Waals surface area contributed by atoms with Crippen LogP contribution in [0, 0.1) is 17.6 Å². The summed E-state index contributed by atoms with van der Waals surface area (Å²) in [5, 5.41) is 16.2. The van der Waals surface area contributed by atoms with E-state index in [1.165, 1.54) is 24.3 Å². The number of nitrogens with zero attached hydrogens (tertiary/aromatic N) is 2. The molecular formula is C23H18FN4O3+. The number of aromatic nitrogens is 2. The number of halogens is 1. The highest BCUT2D eigenvalue weighted by Gasteiger charge is 2.21. The van der Waals surface area contributed by atoms with Gasteiger partial charge in [0.2, 0.25) is 11.4 Å². The third-order valence-electron chi connectivity index (χ3n) is 4.83. The predicted molar refractivity (Wildman–Crippen MR) is 115 cm³/mol. The smallest absolute Gasteiger partial charge is 0.327 e. The summed E-state index contributed by atoms with van der Waals surface area (Å²) >= 11 is 0. The molecule has 0 aliphatic rings. The number of H-pyrrole nitrogens is 1. The van der Waals surface area contributed by atoms with Crippen molar-refractivity contribution >= 4 is 34.4 Å². The van der Waals surface area contributed by atoms with Crippen LogP contribution in [0.1, 0.15) is 11.1 Å². The van der Waals surface area contributed by atoms with Crippen LogP contribution in [0.25, 0.3) is 28.5 Å². The number of amides is 1. The normalized spacial score (nSPS) is 11.2. The van der Waals surface area contributed by atoms with Gasteiger partial charge in [0.1, 0.15) is 11.5 Å². The van der Waals surface area contributed by atoms with Crippen LogP contribution in [0.3, 0.4) is 0 Å². The number of rotatable bonds is 5. The lowest BCUT2D eigenvalue weighted by molar-refractivity contribution is -0.875. The van der Waals surface area contributed by atoms with Crippen LogP contribution >= 0.6 is 0 Å². The van der Waals surface area contributed by atoms with Gasteiger partial charge in [0.15, 0.2) is 5.52 Å². The van der Waals surface area contributed by atoms with Gasteiger partial charge in [-0.05, 0) is 76.5 Å². The summed E-state index contributed by atoms with van der Waals surface area (Å²) in [7, 11) is 0. The fourth-order valence-electron chi connectivity index (χ4n) is 3.22. The number of hydrogen-bond acceptors (Lipinski definition) is 4. The third kappa shape index (κ3) is 4.18. The van der Waals surface area contributed by atoms with Gasteiger partial charge in [-0.2, -0.15) is 0 Å². The van der Waals surface area contributed by atoms with Crippen molar-refractivity contribution in [1.29, 1.82) is 0 Å². The van der Waals surface area contributed by atoms with Gasteiger partial charge in [0.25, 0.3) is 0 Å². The Balaban J connectivity index is 1.55. The maximum absolute atomic E-state index is 13.0. The highest BCUT2D eigenvalue weighted by atomic mass is 19.1. The second-order valence-corrected chi connectivity index (χ2v) is 6.98. The van der Waals surface area contributed by atoms with E-state index in [1.54, 1.807) is 42.5 Å². The molecule has 0 spiro atoms. The largest absolute Gasteiger partial charge is 0.349 e. The Kier molecular flexibility index (Phi) is 5.28. The molecule has 0 bridgehead atoms. The summed E-state index contributed by atoms with van der Waals surface area (Å²) in [5.41, 5.74) is 4.09. The second kappa shape index (κ2) is 8.19. The minimum Gasteiger partial charge on any atom is -0.349 e. The average Bonchev–Trinajstić information content (AvgIpc) is 3.10. The van der Waals surface area contributed by atoms with E-state index < -0.39 is 0 Å². The fraction of sp³-hybridized carbons (Fsp3) is 0.0435. The van der Waals surface area contributed by atoms with E-state index in [4.69, 9.17) is 0 Å². The number of carbonyl (C=O) groups excluding carboxylic acids is 1. The number of hydrogen-bond donors (Lipinski definition) is 3. The molecule has 3 aromatic carbocycles. The summed E-state index contributed by atoms with van der Waals surface area (Å²) in [5.74, 6) is -0.232. The molecule has 0 aliphatic carbocycles. The lowest BCUT2D eigenvalue weighted by Gasteiger charge is -2.07. The van der Waals surface area contributed by atoms with Gasteiger partial charge < -0.3 is 10.5 Å². The topological polar surface area (TPSA) is 98.4 Å². The second-order valence-electron chi connectivity index (χ2n) is 6.98. The summed E-state index contributed by atoms with van der Waals surface area (Å²) < 4.78 is 13.9. The van der Waals surface area contributed by atoms with E-state index in [1.807, 2.05) is 13.0 Å². The third-order valence-corrected chi connectivity index (χ3v) is 4.83. The fourth-order valence-corrected chi connectivity index (χ4v) is 3.22. The van der Waals surface area contributed by atoms with Crippen molar-refractivity contribution < 1.29 is 19.1 Å². The molecule has 0 aliphatic heterocycles. The number of imidazole rings is 1. The Labute approximate surface area is 176 Å². The molecule has 0 radical (unpaired) electrons. The minimum atomic E-state index is -0.336. The first-order chi connectivity index (χ1) is 14.9. The number of fused-ring (bicyclic) bond motifs is 1. The zero-order valence-electron chi connectivity index (χ0n) is 16.5. The van der Waals surface area contributed by atoms with E-state index in [-0.39, 0.29) is 17.4 Å². The first-order valence-corrected chi connectivity index (χ1v) is 9.40. The molecule has 0 fully saturated rings. The molecule has 8 heteroatoms. The molecule has 0 saturated carbocycles. The van der Waals surface area contributed by atoms with E-state index in [9.17, 15) is 19.3 Å². The molecule has 154 valence electrons. The van der Waals surface area contributed by atoms with Gasteiger partial charge in [-0.1, -0.05) is 12.1 Å². The van der Waals surface area contributed by atoms with Crippen LogP contribution in [0.2, 0.25) is 0 Å². The van der Waals surface area contributed by atoms with Crippen molar-refractivity contribution in [2.45, 2.75) is 6.92 Å². The van der Waals surface area contributed by atoms with E-state index >= 15 is 0 Å². The lowest BCUT2D eigenvalue weighted by Crippen LogP contribution is -2.30. The maximum atomic E-state index is 13.0.